The van der Waals surface area contributed by atoms with Gasteiger partial charge in [0.15, 0.2) is 0 Å². The standard InChI is InChI=1S/C15H25NO2/c1-10-6-11(2)14(18-9-12(17)8-16)13(7-10)15(3,4)5/h6-7,12,17H,8-9,16H2,1-5H3. The summed E-state index contributed by atoms with van der Waals surface area (Å²) in [6.07, 6.45) is -0.612. The van der Waals surface area contributed by atoms with E-state index in [0.717, 1.165) is 11.3 Å². The lowest BCUT2D eigenvalue weighted by atomic mass is 9.84. The van der Waals surface area contributed by atoms with Gasteiger partial charge in [-0.3, -0.25) is 0 Å². The molecule has 18 heavy (non-hydrogen) atoms. The van der Waals surface area contributed by atoms with Crippen LogP contribution in [0.4, 0.5) is 0 Å². The van der Waals surface area contributed by atoms with E-state index in [1.807, 2.05) is 6.92 Å². The highest BCUT2D eigenvalue weighted by Gasteiger charge is 2.21. The lowest BCUT2D eigenvalue weighted by molar-refractivity contribution is 0.112. The van der Waals surface area contributed by atoms with Crippen LogP contribution in [0.15, 0.2) is 12.1 Å². The summed E-state index contributed by atoms with van der Waals surface area (Å²) in [6, 6.07) is 4.25. The molecule has 0 spiro atoms. The van der Waals surface area contributed by atoms with Crippen molar-refractivity contribution in [2.24, 2.45) is 5.73 Å². The number of ether oxygens (including phenoxy) is 1. The van der Waals surface area contributed by atoms with Gasteiger partial charge in [0.1, 0.15) is 18.5 Å². The van der Waals surface area contributed by atoms with E-state index in [-0.39, 0.29) is 18.6 Å². The van der Waals surface area contributed by atoms with Gasteiger partial charge in [-0.05, 0) is 24.8 Å². The summed E-state index contributed by atoms with van der Waals surface area (Å²) >= 11 is 0. The van der Waals surface area contributed by atoms with Crippen LogP contribution in [0, 0.1) is 13.8 Å². The zero-order chi connectivity index (χ0) is 13.9. The van der Waals surface area contributed by atoms with E-state index in [0.29, 0.717) is 0 Å². The highest BCUT2D eigenvalue weighted by atomic mass is 16.5. The van der Waals surface area contributed by atoms with E-state index < -0.39 is 6.10 Å². The highest BCUT2D eigenvalue weighted by molar-refractivity contribution is 5.47. The molecule has 0 aliphatic heterocycles. The van der Waals surface area contributed by atoms with Crippen molar-refractivity contribution in [1.82, 2.24) is 0 Å². The molecule has 0 saturated heterocycles. The van der Waals surface area contributed by atoms with Crippen molar-refractivity contribution in [2.75, 3.05) is 13.2 Å². The number of rotatable bonds is 4. The van der Waals surface area contributed by atoms with Crippen molar-refractivity contribution >= 4 is 0 Å². The molecule has 0 saturated carbocycles. The Morgan fingerprint density at radius 2 is 1.89 bits per heavy atom. The van der Waals surface area contributed by atoms with Gasteiger partial charge in [-0.1, -0.05) is 38.5 Å². The fourth-order valence-corrected chi connectivity index (χ4v) is 1.95. The molecule has 0 fully saturated rings. The topological polar surface area (TPSA) is 55.5 Å². The van der Waals surface area contributed by atoms with Crippen LogP contribution >= 0.6 is 0 Å². The molecule has 0 bridgehead atoms. The molecule has 1 aromatic carbocycles. The van der Waals surface area contributed by atoms with Crippen molar-refractivity contribution in [1.29, 1.82) is 0 Å². The molecule has 1 rings (SSSR count). The molecule has 0 amide bonds. The van der Waals surface area contributed by atoms with Gasteiger partial charge in [0.05, 0.1) is 0 Å². The third kappa shape index (κ3) is 3.72. The van der Waals surface area contributed by atoms with Gasteiger partial charge in [0.25, 0.3) is 0 Å². The Hall–Kier alpha value is -1.06. The van der Waals surface area contributed by atoms with Crippen LogP contribution in [-0.2, 0) is 5.41 Å². The van der Waals surface area contributed by atoms with Crippen LogP contribution in [0.1, 0.15) is 37.5 Å². The molecule has 0 aliphatic carbocycles. The Morgan fingerprint density at radius 3 is 2.39 bits per heavy atom. The summed E-state index contributed by atoms with van der Waals surface area (Å²) in [7, 11) is 0. The Labute approximate surface area is 110 Å². The average Bonchev–Trinajstić information content (AvgIpc) is 2.25. The normalized spacial score (nSPS) is 13.5. The van der Waals surface area contributed by atoms with Gasteiger partial charge < -0.3 is 15.6 Å². The SMILES string of the molecule is Cc1cc(C)c(OCC(O)CN)c(C(C)(C)C)c1. The lowest BCUT2D eigenvalue weighted by Crippen LogP contribution is -2.27. The van der Waals surface area contributed by atoms with E-state index in [2.05, 4.69) is 39.8 Å². The minimum atomic E-state index is -0.612. The molecule has 1 unspecified atom stereocenters. The monoisotopic (exact) mass is 251 g/mol. The molecule has 3 N–H and O–H groups in total. The number of hydrogen-bond donors (Lipinski definition) is 2. The maximum atomic E-state index is 9.51. The summed E-state index contributed by atoms with van der Waals surface area (Å²) in [4.78, 5) is 0. The first kappa shape index (κ1) is 15.0. The van der Waals surface area contributed by atoms with Crippen molar-refractivity contribution in [3.63, 3.8) is 0 Å². The molecular weight excluding hydrogens is 226 g/mol. The molecule has 1 atom stereocenters. The van der Waals surface area contributed by atoms with Crippen molar-refractivity contribution < 1.29 is 9.84 Å². The number of aliphatic hydroxyl groups is 1. The second-order valence-corrected chi connectivity index (χ2v) is 5.91. The van der Waals surface area contributed by atoms with Gasteiger partial charge in [-0.2, -0.15) is 0 Å². The molecule has 3 heteroatoms. The van der Waals surface area contributed by atoms with Crippen molar-refractivity contribution in [3.8, 4) is 5.75 Å². The molecular formula is C15H25NO2. The van der Waals surface area contributed by atoms with Gasteiger partial charge in [-0.25, -0.2) is 0 Å². The molecule has 0 heterocycles. The summed E-state index contributed by atoms with van der Waals surface area (Å²) in [5.74, 6) is 0.876. The first-order valence-corrected chi connectivity index (χ1v) is 6.38. The smallest absolute Gasteiger partial charge is 0.126 e. The Kier molecular flexibility index (Phi) is 4.77. The predicted octanol–water partition coefficient (Wildman–Crippen LogP) is 2.30. The van der Waals surface area contributed by atoms with Gasteiger partial charge in [0, 0.05) is 12.1 Å². The van der Waals surface area contributed by atoms with E-state index in [9.17, 15) is 5.11 Å². The Balaban J connectivity index is 3.08. The minimum Gasteiger partial charge on any atom is -0.490 e. The van der Waals surface area contributed by atoms with Crippen LogP contribution in [0.25, 0.3) is 0 Å². The molecule has 0 aliphatic rings. The van der Waals surface area contributed by atoms with Gasteiger partial charge in [0.2, 0.25) is 0 Å². The number of benzene rings is 1. The first-order valence-electron chi connectivity index (χ1n) is 6.38. The van der Waals surface area contributed by atoms with Crippen molar-refractivity contribution in [2.45, 2.75) is 46.1 Å². The third-order valence-corrected chi connectivity index (χ3v) is 2.92. The zero-order valence-electron chi connectivity index (χ0n) is 12.1. The van der Waals surface area contributed by atoms with Gasteiger partial charge >= 0.3 is 0 Å². The zero-order valence-corrected chi connectivity index (χ0v) is 12.1. The summed E-state index contributed by atoms with van der Waals surface area (Å²) in [5.41, 5.74) is 8.90. The first-order chi connectivity index (χ1) is 8.25. The number of hydrogen-bond acceptors (Lipinski definition) is 3. The fraction of sp³-hybridized carbons (Fsp3) is 0.600. The van der Waals surface area contributed by atoms with Crippen LogP contribution in [-0.4, -0.2) is 24.4 Å². The van der Waals surface area contributed by atoms with E-state index in [4.69, 9.17) is 10.5 Å². The summed E-state index contributed by atoms with van der Waals surface area (Å²) in [6.45, 7) is 11.1. The van der Waals surface area contributed by atoms with Crippen LogP contribution < -0.4 is 10.5 Å². The molecule has 0 radical (unpaired) electrons. The van der Waals surface area contributed by atoms with E-state index >= 15 is 0 Å². The quantitative estimate of drug-likeness (QED) is 0.863. The fourth-order valence-electron chi connectivity index (χ4n) is 1.95. The number of aliphatic hydroxyl groups excluding tert-OH is 1. The molecule has 0 aromatic heterocycles. The third-order valence-electron chi connectivity index (χ3n) is 2.92. The van der Waals surface area contributed by atoms with Gasteiger partial charge in [-0.15, -0.1) is 0 Å². The largest absolute Gasteiger partial charge is 0.490 e. The second-order valence-electron chi connectivity index (χ2n) is 5.91. The Bertz CT molecular complexity index is 408. The Morgan fingerprint density at radius 1 is 1.28 bits per heavy atom. The average molecular weight is 251 g/mol. The van der Waals surface area contributed by atoms with Crippen molar-refractivity contribution in [3.05, 3.63) is 28.8 Å². The van der Waals surface area contributed by atoms with E-state index in [1.54, 1.807) is 0 Å². The highest BCUT2D eigenvalue weighted by Crippen LogP contribution is 2.35. The molecule has 1 aromatic rings. The lowest BCUT2D eigenvalue weighted by Gasteiger charge is -2.25. The van der Waals surface area contributed by atoms with Crippen LogP contribution in [0.2, 0.25) is 0 Å². The second kappa shape index (κ2) is 5.72. The molecule has 3 nitrogen and oxygen atoms in total. The van der Waals surface area contributed by atoms with Crippen LogP contribution in [0.5, 0.6) is 5.75 Å². The summed E-state index contributed by atoms with van der Waals surface area (Å²) < 4.78 is 5.77. The predicted molar refractivity (Wildman–Crippen MR) is 75.2 cm³/mol. The summed E-state index contributed by atoms with van der Waals surface area (Å²) in [5, 5.41) is 9.51. The van der Waals surface area contributed by atoms with Crippen LogP contribution in [0.3, 0.4) is 0 Å². The maximum absolute atomic E-state index is 9.51. The minimum absolute atomic E-state index is 0.0137. The van der Waals surface area contributed by atoms with E-state index in [1.165, 1.54) is 11.1 Å². The maximum Gasteiger partial charge on any atom is 0.126 e. The number of aryl methyl sites for hydroxylation is 2. The number of nitrogens with two attached hydrogens (primary N) is 1. The molecule has 102 valence electrons.